The number of benzene rings is 1. The third-order valence-electron chi connectivity index (χ3n) is 3.10. The van der Waals surface area contributed by atoms with Gasteiger partial charge in [-0.15, -0.1) is 0 Å². The highest BCUT2D eigenvalue weighted by atomic mass is 16.5. The van der Waals surface area contributed by atoms with Crippen molar-refractivity contribution < 1.29 is 9.53 Å². The van der Waals surface area contributed by atoms with Crippen LogP contribution < -0.4 is 0 Å². The van der Waals surface area contributed by atoms with Crippen LogP contribution in [0.15, 0.2) is 24.3 Å². The van der Waals surface area contributed by atoms with Crippen LogP contribution in [0.25, 0.3) is 0 Å². The van der Waals surface area contributed by atoms with Gasteiger partial charge >= 0.3 is 0 Å². The minimum atomic E-state index is 0.0872. The second kappa shape index (κ2) is 5.32. The highest BCUT2D eigenvalue weighted by Gasteiger charge is 2.18. The van der Waals surface area contributed by atoms with Crippen LogP contribution in [-0.4, -0.2) is 30.6 Å². The number of amides is 1. The molecule has 0 spiro atoms. The second-order valence-corrected chi connectivity index (χ2v) is 4.76. The molecule has 1 aliphatic heterocycles. The van der Waals surface area contributed by atoms with Crippen molar-refractivity contribution in [3.63, 3.8) is 0 Å². The number of hydrogen-bond donors (Lipinski definition) is 0. The summed E-state index contributed by atoms with van der Waals surface area (Å²) >= 11 is 0. The summed E-state index contributed by atoms with van der Waals surface area (Å²) in [6.07, 6.45) is 0. The van der Waals surface area contributed by atoms with Crippen molar-refractivity contribution in [2.75, 3.05) is 19.8 Å². The predicted molar refractivity (Wildman–Crippen MR) is 66.8 cm³/mol. The van der Waals surface area contributed by atoms with Gasteiger partial charge in [-0.1, -0.05) is 38.1 Å². The zero-order valence-corrected chi connectivity index (χ0v) is 10.5. The summed E-state index contributed by atoms with van der Waals surface area (Å²) in [6.45, 7) is 6.63. The van der Waals surface area contributed by atoms with E-state index in [4.69, 9.17) is 4.74 Å². The number of ether oxygens (including phenoxy) is 1. The average molecular weight is 233 g/mol. The van der Waals surface area contributed by atoms with Crippen LogP contribution in [0.4, 0.5) is 0 Å². The molecular weight excluding hydrogens is 214 g/mol. The molecule has 0 aromatic heterocycles. The van der Waals surface area contributed by atoms with Gasteiger partial charge in [-0.05, 0) is 17.0 Å². The van der Waals surface area contributed by atoms with Crippen molar-refractivity contribution in [1.29, 1.82) is 0 Å². The number of nitrogens with zero attached hydrogens (tertiary/aromatic N) is 1. The molecule has 1 amide bonds. The molecule has 2 rings (SSSR count). The maximum Gasteiger partial charge on any atom is 0.248 e. The first-order valence-corrected chi connectivity index (χ1v) is 6.11. The Hall–Kier alpha value is -1.35. The SMILES string of the molecule is CC(C)c1ccc(CN2CCOCC2=O)cc1. The van der Waals surface area contributed by atoms with Crippen LogP contribution in [0, 0.1) is 0 Å². The topological polar surface area (TPSA) is 29.5 Å². The summed E-state index contributed by atoms with van der Waals surface area (Å²) in [6, 6.07) is 8.51. The van der Waals surface area contributed by atoms with Crippen molar-refractivity contribution in [2.24, 2.45) is 0 Å². The molecule has 0 aliphatic carbocycles. The van der Waals surface area contributed by atoms with Gasteiger partial charge in [0.25, 0.3) is 0 Å². The Balaban J connectivity index is 2.00. The summed E-state index contributed by atoms with van der Waals surface area (Å²) in [5.41, 5.74) is 2.52. The third kappa shape index (κ3) is 3.07. The Kier molecular flexibility index (Phi) is 3.79. The van der Waals surface area contributed by atoms with Gasteiger partial charge in [-0.25, -0.2) is 0 Å². The first kappa shape index (κ1) is 12.1. The van der Waals surface area contributed by atoms with Gasteiger partial charge in [-0.3, -0.25) is 4.79 Å². The number of carbonyl (C=O) groups excluding carboxylic acids is 1. The molecule has 0 saturated carbocycles. The molecule has 92 valence electrons. The van der Waals surface area contributed by atoms with Crippen LogP contribution >= 0.6 is 0 Å². The zero-order chi connectivity index (χ0) is 12.3. The number of morpholine rings is 1. The molecule has 17 heavy (non-hydrogen) atoms. The van der Waals surface area contributed by atoms with Crippen molar-refractivity contribution in [3.8, 4) is 0 Å². The predicted octanol–water partition coefficient (Wildman–Crippen LogP) is 2.17. The number of hydrogen-bond acceptors (Lipinski definition) is 2. The fraction of sp³-hybridized carbons (Fsp3) is 0.500. The average Bonchev–Trinajstić information content (AvgIpc) is 2.33. The smallest absolute Gasteiger partial charge is 0.248 e. The molecule has 0 unspecified atom stereocenters. The lowest BCUT2D eigenvalue weighted by Gasteiger charge is -2.26. The van der Waals surface area contributed by atoms with E-state index < -0.39 is 0 Å². The highest BCUT2D eigenvalue weighted by molar-refractivity contribution is 5.77. The van der Waals surface area contributed by atoms with Crippen molar-refractivity contribution >= 4 is 5.91 Å². The molecule has 1 heterocycles. The summed E-state index contributed by atoms with van der Waals surface area (Å²) in [5, 5.41) is 0. The van der Waals surface area contributed by atoms with Gasteiger partial charge in [0, 0.05) is 13.1 Å². The lowest BCUT2D eigenvalue weighted by Crippen LogP contribution is -2.40. The van der Waals surface area contributed by atoms with Crippen LogP contribution in [0.5, 0.6) is 0 Å². The molecule has 1 saturated heterocycles. The van der Waals surface area contributed by atoms with Crippen molar-refractivity contribution in [3.05, 3.63) is 35.4 Å². The quantitative estimate of drug-likeness (QED) is 0.800. The van der Waals surface area contributed by atoms with Gasteiger partial charge < -0.3 is 9.64 Å². The van der Waals surface area contributed by atoms with E-state index in [2.05, 4.69) is 38.1 Å². The third-order valence-corrected chi connectivity index (χ3v) is 3.10. The summed E-state index contributed by atoms with van der Waals surface area (Å²) < 4.78 is 5.11. The summed E-state index contributed by atoms with van der Waals surface area (Å²) in [5.74, 6) is 0.637. The number of rotatable bonds is 3. The molecule has 0 atom stereocenters. The van der Waals surface area contributed by atoms with Gasteiger partial charge in [0.2, 0.25) is 5.91 Å². The Labute approximate surface area is 102 Å². The van der Waals surface area contributed by atoms with E-state index in [1.54, 1.807) is 0 Å². The first-order chi connectivity index (χ1) is 8.16. The Bertz CT molecular complexity index is 384. The Morgan fingerprint density at radius 1 is 1.29 bits per heavy atom. The molecule has 3 heteroatoms. The van der Waals surface area contributed by atoms with Gasteiger partial charge in [0.1, 0.15) is 6.61 Å². The molecular formula is C14H19NO2. The van der Waals surface area contributed by atoms with E-state index >= 15 is 0 Å². The van der Waals surface area contributed by atoms with E-state index in [-0.39, 0.29) is 12.5 Å². The van der Waals surface area contributed by atoms with E-state index in [9.17, 15) is 4.79 Å². The standard InChI is InChI=1S/C14H19NO2/c1-11(2)13-5-3-12(4-6-13)9-15-7-8-17-10-14(15)16/h3-6,11H,7-10H2,1-2H3. The molecule has 3 nitrogen and oxygen atoms in total. The van der Waals surface area contributed by atoms with Crippen LogP contribution in [-0.2, 0) is 16.1 Å². The van der Waals surface area contributed by atoms with Gasteiger partial charge in [0.15, 0.2) is 0 Å². The monoisotopic (exact) mass is 233 g/mol. The van der Waals surface area contributed by atoms with Crippen LogP contribution in [0.2, 0.25) is 0 Å². The van der Waals surface area contributed by atoms with Crippen LogP contribution in [0.3, 0.4) is 0 Å². The minimum absolute atomic E-state index is 0.0872. The van der Waals surface area contributed by atoms with Crippen LogP contribution in [0.1, 0.15) is 30.9 Å². The first-order valence-electron chi connectivity index (χ1n) is 6.11. The molecule has 1 aliphatic rings. The highest BCUT2D eigenvalue weighted by Crippen LogP contribution is 2.16. The Morgan fingerprint density at radius 2 is 2.00 bits per heavy atom. The van der Waals surface area contributed by atoms with Crippen molar-refractivity contribution in [1.82, 2.24) is 4.90 Å². The van der Waals surface area contributed by atoms with Gasteiger partial charge in [0.05, 0.1) is 6.61 Å². The van der Waals surface area contributed by atoms with E-state index in [1.165, 1.54) is 11.1 Å². The van der Waals surface area contributed by atoms with E-state index in [0.717, 1.165) is 0 Å². The molecule has 0 bridgehead atoms. The second-order valence-electron chi connectivity index (χ2n) is 4.76. The number of carbonyl (C=O) groups is 1. The van der Waals surface area contributed by atoms with Gasteiger partial charge in [-0.2, -0.15) is 0 Å². The molecule has 1 aromatic carbocycles. The fourth-order valence-corrected chi connectivity index (χ4v) is 1.95. The van der Waals surface area contributed by atoms with E-state index in [0.29, 0.717) is 25.6 Å². The molecule has 0 radical (unpaired) electrons. The Morgan fingerprint density at radius 3 is 2.59 bits per heavy atom. The molecule has 1 fully saturated rings. The lowest BCUT2D eigenvalue weighted by atomic mass is 10.0. The zero-order valence-electron chi connectivity index (χ0n) is 10.5. The molecule has 1 aromatic rings. The lowest BCUT2D eigenvalue weighted by molar-refractivity contribution is -0.143. The summed E-state index contributed by atoms with van der Waals surface area (Å²) in [4.78, 5) is 13.4. The minimum Gasteiger partial charge on any atom is -0.370 e. The normalized spacial score (nSPS) is 16.6. The maximum absolute atomic E-state index is 11.6. The molecule has 0 N–H and O–H groups in total. The van der Waals surface area contributed by atoms with Crippen molar-refractivity contribution in [2.45, 2.75) is 26.3 Å². The summed E-state index contributed by atoms with van der Waals surface area (Å²) in [7, 11) is 0. The fourth-order valence-electron chi connectivity index (χ4n) is 1.95. The largest absolute Gasteiger partial charge is 0.370 e. The van der Waals surface area contributed by atoms with E-state index in [1.807, 2.05) is 4.90 Å². The maximum atomic E-state index is 11.6.